The lowest BCUT2D eigenvalue weighted by atomic mass is 9.90. The molecule has 3 heteroatoms. The van der Waals surface area contributed by atoms with Crippen molar-refractivity contribution in [2.75, 3.05) is 5.32 Å². The number of rotatable bonds is 4. The van der Waals surface area contributed by atoms with Gasteiger partial charge in [-0.3, -0.25) is 4.99 Å². The molecule has 2 unspecified atom stereocenters. The number of benzene rings is 2. The highest BCUT2D eigenvalue weighted by molar-refractivity contribution is 6.01. The van der Waals surface area contributed by atoms with Gasteiger partial charge in [-0.05, 0) is 48.8 Å². The quantitative estimate of drug-likeness (QED) is 0.485. The number of aromatic nitrogens is 1. The fourth-order valence-corrected chi connectivity index (χ4v) is 4.60. The summed E-state index contributed by atoms with van der Waals surface area (Å²) in [5.41, 5.74) is 7.76. The van der Waals surface area contributed by atoms with E-state index >= 15 is 0 Å². The molecule has 0 saturated heterocycles. The van der Waals surface area contributed by atoms with Gasteiger partial charge >= 0.3 is 0 Å². The van der Waals surface area contributed by atoms with E-state index in [0.717, 1.165) is 41.0 Å². The van der Waals surface area contributed by atoms with Crippen LogP contribution >= 0.6 is 0 Å². The first-order valence-electron chi connectivity index (χ1n) is 11.6. The fourth-order valence-electron chi connectivity index (χ4n) is 4.60. The number of pyridine rings is 1. The van der Waals surface area contributed by atoms with Crippen molar-refractivity contribution in [3.8, 4) is 11.3 Å². The summed E-state index contributed by atoms with van der Waals surface area (Å²) in [6.45, 7) is 0. The number of hydrogen-bond acceptors (Lipinski definition) is 3. The van der Waals surface area contributed by atoms with Crippen molar-refractivity contribution in [1.29, 1.82) is 0 Å². The number of nitrogens with zero attached hydrogens (tertiary/aromatic N) is 2. The van der Waals surface area contributed by atoms with Crippen LogP contribution in [0, 0.1) is 5.92 Å². The van der Waals surface area contributed by atoms with Gasteiger partial charge in [0.05, 0.1) is 16.9 Å². The van der Waals surface area contributed by atoms with E-state index < -0.39 is 0 Å². The van der Waals surface area contributed by atoms with Crippen LogP contribution in [0.25, 0.3) is 22.2 Å². The van der Waals surface area contributed by atoms with E-state index in [9.17, 15) is 0 Å². The molecule has 2 aromatic carbocycles. The number of para-hydroxylation sites is 1. The summed E-state index contributed by atoms with van der Waals surface area (Å²) in [5.74, 6) is 0.439. The van der Waals surface area contributed by atoms with Gasteiger partial charge in [0.15, 0.2) is 0 Å². The van der Waals surface area contributed by atoms with E-state index in [2.05, 4.69) is 102 Å². The minimum atomic E-state index is 0.278. The fraction of sp³-hybridized carbons (Fsp3) is 0.133. The van der Waals surface area contributed by atoms with Crippen LogP contribution in [0.1, 0.15) is 12.8 Å². The molecule has 1 N–H and O–H groups in total. The van der Waals surface area contributed by atoms with E-state index in [1.54, 1.807) is 0 Å². The third-order valence-electron chi connectivity index (χ3n) is 6.44. The zero-order valence-electron chi connectivity index (χ0n) is 18.4. The van der Waals surface area contributed by atoms with Crippen LogP contribution in [-0.4, -0.2) is 16.7 Å². The van der Waals surface area contributed by atoms with Gasteiger partial charge in [-0.15, -0.1) is 0 Å². The SMILES string of the molecule is C1=CC2=NC(C3=CCC(Nc4ccc(-c5ccc6ccccc6n5)cc4)C=C3)=CCC2C=C1. The van der Waals surface area contributed by atoms with Crippen LogP contribution in [0.4, 0.5) is 5.69 Å². The molecular weight excluding hydrogens is 402 g/mol. The summed E-state index contributed by atoms with van der Waals surface area (Å²) in [4.78, 5) is 9.69. The number of anilines is 1. The zero-order chi connectivity index (χ0) is 22.0. The Balaban J connectivity index is 1.11. The summed E-state index contributed by atoms with van der Waals surface area (Å²) in [6, 6.07) is 21.3. The van der Waals surface area contributed by atoms with Crippen LogP contribution in [0.15, 0.2) is 126 Å². The molecule has 3 nitrogen and oxygen atoms in total. The van der Waals surface area contributed by atoms with Crippen LogP contribution in [0.2, 0.25) is 0 Å². The summed E-state index contributed by atoms with van der Waals surface area (Å²) in [6.07, 6.45) is 19.5. The van der Waals surface area contributed by atoms with Crippen molar-refractivity contribution in [2.24, 2.45) is 10.9 Å². The van der Waals surface area contributed by atoms with Gasteiger partial charge in [0.2, 0.25) is 0 Å². The first-order chi connectivity index (χ1) is 16.3. The lowest BCUT2D eigenvalue weighted by Gasteiger charge is -2.23. The molecule has 0 radical (unpaired) electrons. The molecule has 0 fully saturated rings. The molecule has 0 amide bonds. The first-order valence-corrected chi connectivity index (χ1v) is 11.6. The van der Waals surface area contributed by atoms with Gasteiger partial charge in [0, 0.05) is 34.3 Å². The maximum atomic E-state index is 4.89. The number of hydrogen-bond donors (Lipinski definition) is 1. The minimum absolute atomic E-state index is 0.278. The summed E-state index contributed by atoms with van der Waals surface area (Å²) in [7, 11) is 0. The van der Waals surface area contributed by atoms with Crippen LogP contribution in [0.3, 0.4) is 0 Å². The molecule has 0 saturated carbocycles. The Morgan fingerprint density at radius 3 is 2.58 bits per heavy atom. The third kappa shape index (κ3) is 4.10. The van der Waals surface area contributed by atoms with Gasteiger partial charge < -0.3 is 5.32 Å². The second-order valence-electron chi connectivity index (χ2n) is 8.68. The standard InChI is InChI=1S/C30H25N3/c1-3-7-27-21(5-1)13-19-29(32-27)23-9-15-25(16-10-23)31-26-17-11-24(12-18-26)30-20-14-22-6-2-4-8-28(22)33-30/h1-13,15-17,19-20,22,26,31H,14,18H2. The van der Waals surface area contributed by atoms with Crippen molar-refractivity contribution in [3.63, 3.8) is 0 Å². The van der Waals surface area contributed by atoms with Crippen molar-refractivity contribution in [2.45, 2.75) is 18.9 Å². The largest absolute Gasteiger partial charge is 0.379 e. The summed E-state index contributed by atoms with van der Waals surface area (Å²) >= 11 is 0. The Kier molecular flexibility index (Phi) is 5.08. The van der Waals surface area contributed by atoms with Gasteiger partial charge in [-0.2, -0.15) is 0 Å². The van der Waals surface area contributed by atoms with Gasteiger partial charge in [0.25, 0.3) is 0 Å². The Bertz CT molecular complexity index is 1380. The zero-order valence-corrected chi connectivity index (χ0v) is 18.4. The van der Waals surface area contributed by atoms with E-state index in [4.69, 9.17) is 9.98 Å². The molecule has 1 aliphatic heterocycles. The van der Waals surface area contributed by atoms with E-state index in [-0.39, 0.29) is 6.04 Å². The third-order valence-corrected chi connectivity index (χ3v) is 6.44. The lowest BCUT2D eigenvalue weighted by Crippen LogP contribution is -2.19. The number of nitrogens with one attached hydrogen (secondary N) is 1. The predicted molar refractivity (Wildman–Crippen MR) is 138 cm³/mol. The maximum absolute atomic E-state index is 4.89. The molecule has 1 aromatic heterocycles. The summed E-state index contributed by atoms with van der Waals surface area (Å²) < 4.78 is 0. The molecule has 0 spiro atoms. The topological polar surface area (TPSA) is 37.3 Å². The highest BCUT2D eigenvalue weighted by Gasteiger charge is 2.19. The first kappa shape index (κ1) is 19.7. The monoisotopic (exact) mass is 427 g/mol. The predicted octanol–water partition coefficient (Wildman–Crippen LogP) is 7.04. The van der Waals surface area contributed by atoms with Crippen molar-refractivity contribution in [1.82, 2.24) is 4.98 Å². The number of allylic oxidation sites excluding steroid dienone is 6. The maximum Gasteiger partial charge on any atom is 0.0709 e. The van der Waals surface area contributed by atoms with E-state index in [1.165, 1.54) is 16.7 Å². The molecule has 2 atom stereocenters. The Morgan fingerprint density at radius 1 is 0.788 bits per heavy atom. The van der Waals surface area contributed by atoms with Gasteiger partial charge in [0.1, 0.15) is 0 Å². The molecule has 2 heterocycles. The highest BCUT2D eigenvalue weighted by Crippen LogP contribution is 2.29. The molecule has 3 aliphatic rings. The molecule has 6 rings (SSSR count). The van der Waals surface area contributed by atoms with Crippen molar-refractivity contribution >= 4 is 22.3 Å². The van der Waals surface area contributed by atoms with Crippen LogP contribution in [0.5, 0.6) is 0 Å². The second-order valence-corrected chi connectivity index (χ2v) is 8.68. The van der Waals surface area contributed by atoms with E-state index in [1.807, 2.05) is 12.1 Å². The van der Waals surface area contributed by atoms with Crippen LogP contribution in [-0.2, 0) is 0 Å². The Morgan fingerprint density at radius 2 is 1.70 bits per heavy atom. The highest BCUT2D eigenvalue weighted by atomic mass is 14.9. The average Bonchev–Trinajstić information content (AvgIpc) is 2.89. The molecule has 160 valence electrons. The van der Waals surface area contributed by atoms with Gasteiger partial charge in [-0.1, -0.05) is 78.9 Å². The number of fused-ring (bicyclic) bond motifs is 2. The van der Waals surface area contributed by atoms with E-state index in [0.29, 0.717) is 5.92 Å². The lowest BCUT2D eigenvalue weighted by molar-refractivity contribution is 0.841. The Hall–Kier alpha value is -3.98. The average molecular weight is 428 g/mol. The van der Waals surface area contributed by atoms with Crippen LogP contribution < -0.4 is 5.32 Å². The summed E-state index contributed by atoms with van der Waals surface area (Å²) in [5, 5.41) is 4.80. The molecular formula is C30H25N3. The molecule has 33 heavy (non-hydrogen) atoms. The smallest absolute Gasteiger partial charge is 0.0709 e. The normalized spacial score (nSPS) is 21.3. The molecule has 2 aliphatic carbocycles. The molecule has 3 aromatic rings. The minimum Gasteiger partial charge on any atom is -0.379 e. The Labute approximate surface area is 194 Å². The number of aliphatic imine (C=N–C) groups is 1. The van der Waals surface area contributed by atoms with Crippen molar-refractivity contribution in [3.05, 3.63) is 121 Å². The second kappa shape index (κ2) is 8.51. The van der Waals surface area contributed by atoms with Crippen molar-refractivity contribution < 1.29 is 0 Å². The van der Waals surface area contributed by atoms with Gasteiger partial charge in [-0.25, -0.2) is 4.98 Å². The molecule has 0 bridgehead atoms.